The number of carbonyl (C=O) groups excluding carboxylic acids is 1. The van der Waals surface area contributed by atoms with Gasteiger partial charge in [-0.1, -0.05) is 60.7 Å². The first-order valence-electron chi connectivity index (χ1n) is 13.1. The number of carbonyl (C=O) groups is 1. The molecule has 2 heterocycles. The van der Waals surface area contributed by atoms with Crippen LogP contribution in [0.4, 0.5) is 5.69 Å². The van der Waals surface area contributed by atoms with E-state index in [4.69, 9.17) is 10.2 Å². The number of amides is 1. The minimum atomic E-state index is -3.60. The second-order valence-corrected chi connectivity index (χ2v) is 12.6. The van der Waals surface area contributed by atoms with Crippen LogP contribution in [0.2, 0.25) is 0 Å². The molecule has 1 aliphatic rings. The lowest BCUT2D eigenvalue weighted by atomic mass is 9.94. The van der Waals surface area contributed by atoms with Crippen molar-refractivity contribution >= 4 is 21.6 Å². The Labute approximate surface area is 234 Å². The summed E-state index contributed by atoms with van der Waals surface area (Å²) in [6.45, 7) is 2.42. The molecule has 0 spiro atoms. The fourth-order valence-electron chi connectivity index (χ4n) is 5.09. The van der Waals surface area contributed by atoms with E-state index in [0.29, 0.717) is 29.8 Å². The van der Waals surface area contributed by atoms with Gasteiger partial charge in [-0.25, -0.2) is 8.42 Å². The van der Waals surface area contributed by atoms with Crippen LogP contribution in [0, 0.1) is 0 Å². The SMILES string of the molecule is CN(c1cc(C(=O)N2CCCC2c2ccccc2)cc(-c2nnc([C@](C)(N)Cc3ccccc3)o2)c1)S(C)(=O)=O. The Morgan fingerprint density at radius 2 is 1.75 bits per heavy atom. The van der Waals surface area contributed by atoms with Gasteiger partial charge in [-0.3, -0.25) is 9.10 Å². The smallest absolute Gasteiger partial charge is 0.254 e. The van der Waals surface area contributed by atoms with Crippen LogP contribution < -0.4 is 10.0 Å². The molecule has 2 atom stereocenters. The summed E-state index contributed by atoms with van der Waals surface area (Å²) in [5.74, 6) is 0.201. The van der Waals surface area contributed by atoms with Gasteiger partial charge in [-0.2, -0.15) is 0 Å². The van der Waals surface area contributed by atoms with Crippen molar-refractivity contribution in [3.8, 4) is 11.5 Å². The third-order valence-electron chi connectivity index (χ3n) is 7.30. The van der Waals surface area contributed by atoms with E-state index in [-0.39, 0.29) is 23.7 Å². The molecule has 2 N–H and O–H groups in total. The minimum absolute atomic E-state index is 0.0561. The lowest BCUT2D eigenvalue weighted by Crippen LogP contribution is -2.35. The normalized spacial score (nSPS) is 17.0. The maximum absolute atomic E-state index is 13.9. The molecule has 3 aromatic carbocycles. The maximum Gasteiger partial charge on any atom is 0.254 e. The number of likely N-dealkylation sites (tertiary alicyclic amines) is 1. The number of nitrogens with zero attached hydrogens (tertiary/aromatic N) is 4. The van der Waals surface area contributed by atoms with E-state index in [2.05, 4.69) is 10.2 Å². The van der Waals surface area contributed by atoms with Crippen LogP contribution in [0.3, 0.4) is 0 Å². The molecular formula is C30H33N5O4S. The molecule has 1 fully saturated rings. The molecule has 1 unspecified atom stereocenters. The fourth-order valence-corrected chi connectivity index (χ4v) is 5.58. The monoisotopic (exact) mass is 559 g/mol. The lowest BCUT2D eigenvalue weighted by Gasteiger charge is -2.26. The van der Waals surface area contributed by atoms with Crippen molar-refractivity contribution in [2.45, 2.75) is 37.8 Å². The van der Waals surface area contributed by atoms with E-state index in [9.17, 15) is 13.2 Å². The van der Waals surface area contributed by atoms with Gasteiger partial charge in [0.25, 0.3) is 5.91 Å². The standard InChI is InChI=1S/C30H33N5O4S/c1-30(31,20-21-11-6-4-7-12-21)29-33-32-27(39-29)23-17-24(19-25(18-23)34(2)40(3,37)38)28(36)35-16-10-15-26(35)22-13-8-5-9-14-22/h4-9,11-14,17-19,26H,10,15-16,20,31H2,1-3H3/t26?,30-/m1/s1. The first-order chi connectivity index (χ1) is 19.0. The molecule has 40 heavy (non-hydrogen) atoms. The van der Waals surface area contributed by atoms with Gasteiger partial charge in [0.1, 0.15) is 0 Å². The number of hydrogen-bond donors (Lipinski definition) is 1. The summed E-state index contributed by atoms with van der Waals surface area (Å²) < 4.78 is 32.0. The van der Waals surface area contributed by atoms with Gasteiger partial charge >= 0.3 is 0 Å². The number of sulfonamides is 1. The third-order valence-corrected chi connectivity index (χ3v) is 8.50. The molecule has 0 aliphatic carbocycles. The predicted octanol–water partition coefficient (Wildman–Crippen LogP) is 4.53. The zero-order valence-corrected chi connectivity index (χ0v) is 23.6. The molecule has 1 aromatic heterocycles. The molecule has 5 rings (SSSR count). The molecule has 0 bridgehead atoms. The van der Waals surface area contributed by atoms with Crippen LogP contribution in [-0.2, 0) is 22.0 Å². The lowest BCUT2D eigenvalue weighted by molar-refractivity contribution is 0.0735. The van der Waals surface area contributed by atoms with Crippen molar-refractivity contribution in [3.63, 3.8) is 0 Å². The van der Waals surface area contributed by atoms with E-state index >= 15 is 0 Å². The van der Waals surface area contributed by atoms with Crippen molar-refractivity contribution in [2.24, 2.45) is 5.73 Å². The number of rotatable bonds is 8. The molecule has 4 aromatic rings. The summed E-state index contributed by atoms with van der Waals surface area (Å²) in [5, 5.41) is 8.45. The van der Waals surface area contributed by atoms with Gasteiger partial charge in [0, 0.05) is 24.7 Å². The molecule has 1 saturated heterocycles. The summed E-state index contributed by atoms with van der Waals surface area (Å²) >= 11 is 0. The van der Waals surface area contributed by atoms with Crippen LogP contribution in [-0.4, -0.2) is 49.3 Å². The topological polar surface area (TPSA) is 123 Å². The van der Waals surface area contributed by atoms with Crippen molar-refractivity contribution in [2.75, 3.05) is 24.2 Å². The first kappa shape index (κ1) is 27.5. The van der Waals surface area contributed by atoms with Gasteiger partial charge in [0.05, 0.1) is 23.5 Å². The van der Waals surface area contributed by atoms with Crippen LogP contribution in [0.15, 0.2) is 83.3 Å². The average molecular weight is 560 g/mol. The highest BCUT2D eigenvalue weighted by Gasteiger charge is 2.32. The predicted molar refractivity (Wildman–Crippen MR) is 154 cm³/mol. The average Bonchev–Trinajstić information content (AvgIpc) is 3.63. The molecule has 10 heteroatoms. The van der Waals surface area contributed by atoms with Gasteiger partial charge in [0.15, 0.2) is 0 Å². The highest BCUT2D eigenvalue weighted by Crippen LogP contribution is 2.35. The van der Waals surface area contributed by atoms with Gasteiger partial charge in [0.2, 0.25) is 21.8 Å². The van der Waals surface area contributed by atoms with E-state index in [1.807, 2.05) is 72.5 Å². The van der Waals surface area contributed by atoms with E-state index in [1.165, 1.54) is 7.05 Å². The zero-order valence-electron chi connectivity index (χ0n) is 22.8. The van der Waals surface area contributed by atoms with Gasteiger partial charge in [-0.15, -0.1) is 10.2 Å². The molecule has 0 saturated carbocycles. The van der Waals surface area contributed by atoms with Crippen LogP contribution in [0.5, 0.6) is 0 Å². The largest absolute Gasteiger partial charge is 0.419 e. The quantitative estimate of drug-likeness (QED) is 0.337. The van der Waals surface area contributed by atoms with Crippen molar-refractivity contribution in [3.05, 3.63) is 101 Å². The fraction of sp³-hybridized carbons (Fsp3) is 0.300. The second-order valence-electron chi connectivity index (χ2n) is 10.6. The summed E-state index contributed by atoms with van der Waals surface area (Å²) in [7, 11) is -2.16. The summed E-state index contributed by atoms with van der Waals surface area (Å²) in [4.78, 5) is 15.7. The second kappa shape index (κ2) is 10.9. The molecule has 208 valence electrons. The Morgan fingerprint density at radius 1 is 1.07 bits per heavy atom. The first-order valence-corrected chi connectivity index (χ1v) is 15.0. The van der Waals surface area contributed by atoms with Crippen molar-refractivity contribution in [1.29, 1.82) is 0 Å². The number of hydrogen-bond acceptors (Lipinski definition) is 7. The van der Waals surface area contributed by atoms with E-state index in [0.717, 1.165) is 34.5 Å². The molecule has 1 amide bonds. The molecule has 9 nitrogen and oxygen atoms in total. The van der Waals surface area contributed by atoms with E-state index in [1.54, 1.807) is 18.2 Å². The van der Waals surface area contributed by atoms with Gasteiger partial charge in [-0.05, 0) is 55.5 Å². The molecule has 0 radical (unpaired) electrons. The number of aromatic nitrogens is 2. The number of nitrogens with two attached hydrogens (primary N) is 1. The Kier molecular flexibility index (Phi) is 7.48. The highest BCUT2D eigenvalue weighted by atomic mass is 32.2. The molecular weight excluding hydrogens is 526 g/mol. The van der Waals surface area contributed by atoms with Crippen molar-refractivity contribution in [1.82, 2.24) is 15.1 Å². The minimum Gasteiger partial charge on any atom is -0.419 e. The molecule has 1 aliphatic heterocycles. The Bertz CT molecular complexity index is 1600. The Hall–Kier alpha value is -4.02. The van der Waals surface area contributed by atoms with Gasteiger partial charge < -0.3 is 15.1 Å². The Balaban J connectivity index is 1.51. The number of anilines is 1. The summed E-state index contributed by atoms with van der Waals surface area (Å²) in [6, 6.07) is 24.5. The summed E-state index contributed by atoms with van der Waals surface area (Å²) in [5.41, 5.74) is 8.82. The number of benzene rings is 3. The van der Waals surface area contributed by atoms with Crippen LogP contribution in [0.25, 0.3) is 11.5 Å². The van der Waals surface area contributed by atoms with Crippen LogP contribution in [0.1, 0.15) is 53.2 Å². The third kappa shape index (κ3) is 5.78. The van der Waals surface area contributed by atoms with Crippen molar-refractivity contribution < 1.29 is 17.6 Å². The maximum atomic E-state index is 13.9. The van der Waals surface area contributed by atoms with E-state index < -0.39 is 15.6 Å². The highest BCUT2D eigenvalue weighted by molar-refractivity contribution is 7.92. The Morgan fingerprint density at radius 3 is 2.42 bits per heavy atom. The summed E-state index contributed by atoms with van der Waals surface area (Å²) in [6.07, 6.45) is 3.33. The van der Waals surface area contributed by atoms with Crippen LogP contribution >= 0.6 is 0 Å². The zero-order chi connectivity index (χ0) is 28.5.